The Kier molecular flexibility index (Phi) is 17.5. The molecule has 2 aromatic rings. The molecule has 6 rings (SSSR count). The van der Waals surface area contributed by atoms with Crippen molar-refractivity contribution in [2.45, 2.75) is 102 Å². The van der Waals surface area contributed by atoms with Gasteiger partial charge in [-0.05, 0) is 76.6 Å². The monoisotopic (exact) mass is 946 g/mol. The minimum absolute atomic E-state index is 0.0881. The molecule has 0 aliphatic carbocycles. The molecule has 6 atom stereocenters. The van der Waals surface area contributed by atoms with Gasteiger partial charge < -0.3 is 41.3 Å². The summed E-state index contributed by atoms with van der Waals surface area (Å²) in [5.74, 6) is -10.7. The van der Waals surface area contributed by atoms with E-state index in [2.05, 4.69) is 0 Å². The van der Waals surface area contributed by atoms with Crippen molar-refractivity contribution in [2.24, 2.45) is 23.3 Å². The summed E-state index contributed by atoms with van der Waals surface area (Å²) >= 11 is 0. The number of carboxylic acids is 2. The molecule has 364 valence electrons. The number of fused-ring (bicyclic) bond motifs is 2. The van der Waals surface area contributed by atoms with E-state index in [0.717, 1.165) is 12.1 Å². The van der Waals surface area contributed by atoms with E-state index < -0.39 is 82.1 Å². The highest BCUT2D eigenvalue weighted by Gasteiger charge is 2.48. The molecule has 0 spiro atoms. The van der Waals surface area contributed by atoms with E-state index in [1.807, 2.05) is 0 Å². The molecular formula is C44H54F8N6O8. The van der Waals surface area contributed by atoms with E-state index in [-0.39, 0.29) is 85.6 Å². The standard InChI is InChI=1S/2C20H25F4N3O2.C4H4O4/c2*1-20(2,24)19(29)26-9-11-3-4-27(17(11)10-26)18(28)7-13(25)5-12-6-15(22)16(23)8-14(12)21;5-3(6)1-2-4(7)8/h2*6,8,11,13,17H,3-5,7,9-10,25H2,1-2H3;1-2H,(H,5,6)(H,7,8)/b;;2-1+/t2*11-,13+,17+;/m00./s1. The molecule has 0 aromatic heterocycles. The minimum Gasteiger partial charge on any atom is -0.478 e. The van der Waals surface area contributed by atoms with Gasteiger partial charge in [0.1, 0.15) is 11.6 Å². The smallest absolute Gasteiger partial charge is 0.328 e. The highest BCUT2D eigenvalue weighted by Crippen LogP contribution is 2.35. The van der Waals surface area contributed by atoms with Crippen LogP contribution >= 0.6 is 0 Å². The first kappa shape index (κ1) is 53.0. The molecule has 0 unspecified atom stereocenters. The maximum Gasteiger partial charge on any atom is 0.328 e. The van der Waals surface area contributed by atoms with Crippen molar-refractivity contribution in [3.63, 3.8) is 0 Å². The van der Waals surface area contributed by atoms with E-state index >= 15 is 0 Å². The summed E-state index contributed by atoms with van der Waals surface area (Å²) < 4.78 is 108. The van der Waals surface area contributed by atoms with Crippen LogP contribution in [0.15, 0.2) is 36.4 Å². The molecule has 14 nitrogen and oxygen atoms in total. The van der Waals surface area contributed by atoms with Crippen molar-refractivity contribution in [3.8, 4) is 0 Å². The predicted molar refractivity (Wildman–Crippen MR) is 220 cm³/mol. The van der Waals surface area contributed by atoms with Crippen molar-refractivity contribution in [3.05, 3.63) is 82.4 Å². The number of nitrogens with two attached hydrogens (primary N) is 2. The summed E-state index contributed by atoms with van der Waals surface area (Å²) in [4.78, 5) is 75.1. The molecule has 0 radical (unpaired) electrons. The Morgan fingerprint density at radius 3 is 1.21 bits per heavy atom. The third kappa shape index (κ3) is 13.9. The number of nitrogens with zero attached hydrogens (tertiary/aromatic N) is 4. The van der Waals surface area contributed by atoms with Crippen molar-refractivity contribution in [1.29, 1.82) is 0 Å². The van der Waals surface area contributed by atoms with Gasteiger partial charge >= 0.3 is 11.9 Å². The number of benzene rings is 2. The van der Waals surface area contributed by atoms with Crippen LogP contribution in [-0.2, 0) is 41.6 Å². The molecule has 22 heteroatoms. The van der Waals surface area contributed by atoms with Crippen LogP contribution in [0, 0.1) is 46.7 Å². The van der Waals surface area contributed by atoms with Gasteiger partial charge in [-0.15, -0.1) is 0 Å². The number of hydrogen-bond acceptors (Lipinski definition) is 8. The Balaban J connectivity index is 0.000000248. The highest BCUT2D eigenvalue weighted by molar-refractivity contribution is 5.89. The summed E-state index contributed by atoms with van der Waals surface area (Å²) in [6, 6.07) is 0.485. The Hall–Kier alpha value is -5.64. The van der Waals surface area contributed by atoms with Crippen LogP contribution in [0.4, 0.5) is 35.1 Å². The largest absolute Gasteiger partial charge is 0.478 e. The molecule has 4 aliphatic heterocycles. The fraction of sp³-hybridized carbons (Fsp3) is 0.545. The van der Waals surface area contributed by atoms with Crippen LogP contribution in [0.25, 0.3) is 0 Å². The Labute approximate surface area is 375 Å². The molecule has 4 amide bonds. The number of alkyl halides is 2. The molecule has 2 aromatic carbocycles. The summed E-state index contributed by atoms with van der Waals surface area (Å²) in [7, 11) is 0. The quantitative estimate of drug-likeness (QED) is 0.136. The zero-order valence-electron chi connectivity index (χ0n) is 36.7. The van der Waals surface area contributed by atoms with Crippen molar-refractivity contribution in [2.75, 3.05) is 39.3 Å². The zero-order valence-corrected chi connectivity index (χ0v) is 36.7. The Morgan fingerprint density at radius 2 is 0.909 bits per heavy atom. The van der Waals surface area contributed by atoms with E-state index in [1.54, 1.807) is 9.80 Å². The summed E-state index contributed by atoms with van der Waals surface area (Å²) in [6.07, 6.45) is 2.12. The lowest BCUT2D eigenvalue weighted by molar-refractivity contribution is -0.142. The number of hydrogen-bond donors (Lipinski definition) is 4. The maximum absolute atomic E-state index is 14.0. The molecule has 4 saturated heterocycles. The molecule has 4 aliphatic rings. The SMILES string of the molecule is CC(C)(F)C(=O)N1C[C@@H]2CCN(C(=O)C[C@H](N)Cc3cc(F)c(F)cc3F)[C@@H]2C1.CC(C)(F)C(=O)N1C[C@@H]2CCN(C(=O)C[C@H](N)Cc3cc(F)c(F)cc3F)[C@@H]2C1.O=C(O)/C=C/C(=O)O. The molecule has 0 bridgehead atoms. The van der Waals surface area contributed by atoms with Gasteiger partial charge in [-0.3, -0.25) is 19.2 Å². The summed E-state index contributed by atoms with van der Waals surface area (Å²) in [5.41, 5.74) is 7.79. The number of carbonyl (C=O) groups excluding carboxylic acids is 4. The second-order valence-electron chi connectivity index (χ2n) is 17.8. The molecule has 4 heterocycles. The average Bonchev–Trinajstić information content (AvgIpc) is 3.99. The van der Waals surface area contributed by atoms with Crippen molar-refractivity contribution >= 4 is 35.6 Å². The lowest BCUT2D eigenvalue weighted by Crippen LogP contribution is -2.45. The maximum atomic E-state index is 14.0. The normalized spacial score (nSPS) is 21.1. The number of rotatable bonds is 12. The number of carboxylic acid groups (broad SMARTS) is 2. The van der Waals surface area contributed by atoms with E-state index in [4.69, 9.17) is 21.7 Å². The van der Waals surface area contributed by atoms with Gasteiger partial charge in [0.25, 0.3) is 11.8 Å². The number of aliphatic carboxylic acids is 2. The number of likely N-dealkylation sites (tertiary alicyclic amines) is 4. The van der Waals surface area contributed by atoms with Gasteiger partial charge in [0, 0.05) is 100 Å². The van der Waals surface area contributed by atoms with Gasteiger partial charge in [-0.1, -0.05) is 0 Å². The minimum atomic E-state index is -1.97. The van der Waals surface area contributed by atoms with Crippen LogP contribution in [0.1, 0.15) is 64.5 Å². The first-order valence-electron chi connectivity index (χ1n) is 21.0. The van der Waals surface area contributed by atoms with E-state index in [9.17, 15) is 63.9 Å². The fourth-order valence-electron chi connectivity index (χ4n) is 8.60. The molecule has 66 heavy (non-hydrogen) atoms. The Morgan fingerprint density at radius 1 is 0.591 bits per heavy atom. The lowest BCUT2D eigenvalue weighted by Gasteiger charge is -2.27. The molecule has 4 fully saturated rings. The van der Waals surface area contributed by atoms with Gasteiger partial charge in [0.05, 0.1) is 12.1 Å². The van der Waals surface area contributed by atoms with E-state index in [0.29, 0.717) is 63.3 Å². The number of amides is 4. The van der Waals surface area contributed by atoms with Crippen molar-refractivity contribution < 1.29 is 74.1 Å². The summed E-state index contributed by atoms with van der Waals surface area (Å²) in [6.45, 7) is 7.24. The van der Waals surface area contributed by atoms with Gasteiger partial charge in [-0.2, -0.15) is 0 Å². The number of carbonyl (C=O) groups is 6. The van der Waals surface area contributed by atoms with Crippen LogP contribution < -0.4 is 11.5 Å². The van der Waals surface area contributed by atoms with Crippen LogP contribution in [0.2, 0.25) is 0 Å². The lowest BCUT2D eigenvalue weighted by atomic mass is 10.0. The van der Waals surface area contributed by atoms with Crippen LogP contribution in [0.3, 0.4) is 0 Å². The van der Waals surface area contributed by atoms with Gasteiger partial charge in [0.2, 0.25) is 11.8 Å². The third-order valence-corrected chi connectivity index (χ3v) is 11.7. The van der Waals surface area contributed by atoms with Crippen LogP contribution in [0.5, 0.6) is 0 Å². The van der Waals surface area contributed by atoms with Gasteiger partial charge in [-0.25, -0.2) is 44.7 Å². The average molecular weight is 947 g/mol. The van der Waals surface area contributed by atoms with Crippen molar-refractivity contribution in [1.82, 2.24) is 19.6 Å². The summed E-state index contributed by atoms with van der Waals surface area (Å²) in [5, 5.41) is 15.6. The fourth-order valence-corrected chi connectivity index (χ4v) is 8.60. The zero-order chi connectivity index (χ0) is 49.6. The van der Waals surface area contributed by atoms with E-state index in [1.165, 1.54) is 37.5 Å². The molecule has 6 N–H and O–H groups in total. The third-order valence-electron chi connectivity index (χ3n) is 11.7. The first-order chi connectivity index (χ1) is 30.6. The Bertz CT molecular complexity index is 2040. The first-order valence-corrected chi connectivity index (χ1v) is 21.0. The second kappa shape index (κ2) is 21.8. The van der Waals surface area contributed by atoms with Gasteiger partial charge in [0.15, 0.2) is 34.6 Å². The predicted octanol–water partition coefficient (Wildman–Crippen LogP) is 4.05. The van der Waals surface area contributed by atoms with Crippen LogP contribution in [-0.4, -0.2) is 140 Å². The highest BCUT2D eigenvalue weighted by atomic mass is 19.2. The molecule has 0 saturated carbocycles. The molecular weight excluding hydrogens is 893 g/mol. The topological polar surface area (TPSA) is 208 Å². The number of halogens is 8. The second-order valence-corrected chi connectivity index (χ2v) is 17.8.